The van der Waals surface area contributed by atoms with Gasteiger partial charge in [0.15, 0.2) is 5.96 Å². The van der Waals surface area contributed by atoms with E-state index in [2.05, 4.69) is 20.9 Å². The van der Waals surface area contributed by atoms with Crippen LogP contribution in [0.1, 0.15) is 40.2 Å². The Morgan fingerprint density at radius 1 is 1.15 bits per heavy atom. The van der Waals surface area contributed by atoms with Crippen molar-refractivity contribution < 1.29 is 9.53 Å². The van der Waals surface area contributed by atoms with E-state index in [9.17, 15) is 4.79 Å². The zero-order valence-electron chi connectivity index (χ0n) is 17.4. The van der Waals surface area contributed by atoms with Crippen molar-refractivity contribution in [1.29, 1.82) is 0 Å². The fourth-order valence-corrected chi connectivity index (χ4v) is 2.28. The first kappa shape index (κ1) is 25.5. The van der Waals surface area contributed by atoms with Gasteiger partial charge in [-0.05, 0) is 53.2 Å². The van der Waals surface area contributed by atoms with Crippen LogP contribution in [0.4, 0.5) is 0 Å². The van der Waals surface area contributed by atoms with Gasteiger partial charge < -0.3 is 20.7 Å². The molecule has 0 aliphatic rings. The SMILES string of the molecule is CCNC(=O)C(C)(C)CN=C(NCC)NCC(C)Oc1ccccc1C.I. The van der Waals surface area contributed by atoms with Crippen LogP contribution in [0.15, 0.2) is 29.3 Å². The van der Waals surface area contributed by atoms with E-state index in [1.54, 1.807) is 0 Å². The molecule has 1 unspecified atom stereocenters. The predicted molar refractivity (Wildman–Crippen MR) is 123 cm³/mol. The Balaban J connectivity index is 0.00000676. The van der Waals surface area contributed by atoms with Gasteiger partial charge in [0.1, 0.15) is 11.9 Å². The molecular formula is C20H35IN4O2. The number of carbonyl (C=O) groups is 1. The molecular weight excluding hydrogens is 455 g/mol. The highest BCUT2D eigenvalue weighted by atomic mass is 127. The van der Waals surface area contributed by atoms with E-state index >= 15 is 0 Å². The number of benzene rings is 1. The molecule has 3 N–H and O–H groups in total. The number of ether oxygens (including phenoxy) is 1. The summed E-state index contributed by atoms with van der Waals surface area (Å²) < 4.78 is 5.98. The van der Waals surface area contributed by atoms with Gasteiger partial charge in [-0.1, -0.05) is 18.2 Å². The van der Waals surface area contributed by atoms with Crippen molar-refractivity contribution in [2.24, 2.45) is 10.4 Å². The van der Waals surface area contributed by atoms with E-state index in [4.69, 9.17) is 4.74 Å². The van der Waals surface area contributed by atoms with Crippen molar-refractivity contribution >= 4 is 35.8 Å². The van der Waals surface area contributed by atoms with Gasteiger partial charge in [0.2, 0.25) is 5.91 Å². The van der Waals surface area contributed by atoms with Crippen LogP contribution >= 0.6 is 24.0 Å². The molecule has 7 heteroatoms. The van der Waals surface area contributed by atoms with Gasteiger partial charge in [-0.2, -0.15) is 0 Å². The van der Waals surface area contributed by atoms with Gasteiger partial charge in [-0.25, -0.2) is 0 Å². The topological polar surface area (TPSA) is 74.8 Å². The number of amides is 1. The maximum Gasteiger partial charge on any atom is 0.227 e. The number of halogens is 1. The van der Waals surface area contributed by atoms with Crippen LogP contribution in [0.25, 0.3) is 0 Å². The predicted octanol–water partition coefficient (Wildman–Crippen LogP) is 3.10. The summed E-state index contributed by atoms with van der Waals surface area (Å²) in [5.74, 6) is 1.59. The Morgan fingerprint density at radius 2 is 1.78 bits per heavy atom. The molecule has 27 heavy (non-hydrogen) atoms. The number of aryl methyl sites for hydroxylation is 1. The molecule has 0 spiro atoms. The Bertz CT molecular complexity index is 605. The first-order valence-corrected chi connectivity index (χ1v) is 9.33. The molecule has 6 nitrogen and oxygen atoms in total. The summed E-state index contributed by atoms with van der Waals surface area (Å²) in [4.78, 5) is 16.7. The maximum absolute atomic E-state index is 12.1. The van der Waals surface area contributed by atoms with E-state index in [-0.39, 0.29) is 36.0 Å². The quantitative estimate of drug-likeness (QED) is 0.283. The third-order valence-corrected chi connectivity index (χ3v) is 3.91. The second kappa shape index (κ2) is 12.8. The smallest absolute Gasteiger partial charge is 0.227 e. The summed E-state index contributed by atoms with van der Waals surface area (Å²) in [6.07, 6.45) is -0.0173. The molecule has 0 heterocycles. The molecule has 0 fully saturated rings. The largest absolute Gasteiger partial charge is 0.489 e. The lowest BCUT2D eigenvalue weighted by molar-refractivity contribution is -0.128. The highest BCUT2D eigenvalue weighted by Gasteiger charge is 2.26. The summed E-state index contributed by atoms with van der Waals surface area (Å²) in [5, 5.41) is 9.35. The van der Waals surface area contributed by atoms with Crippen LogP contribution in [0.5, 0.6) is 5.75 Å². The summed E-state index contributed by atoms with van der Waals surface area (Å²) >= 11 is 0. The van der Waals surface area contributed by atoms with Crippen LogP contribution in [-0.2, 0) is 4.79 Å². The second-order valence-corrected chi connectivity index (χ2v) is 7.01. The molecule has 0 saturated heterocycles. The molecule has 1 rings (SSSR count). The molecule has 1 aromatic rings. The summed E-state index contributed by atoms with van der Waals surface area (Å²) in [5.41, 5.74) is 0.561. The van der Waals surface area contributed by atoms with Crippen molar-refractivity contribution in [1.82, 2.24) is 16.0 Å². The third-order valence-electron chi connectivity index (χ3n) is 3.91. The number of hydrogen-bond donors (Lipinski definition) is 3. The van der Waals surface area contributed by atoms with E-state index in [1.807, 2.05) is 65.8 Å². The number of hydrogen-bond acceptors (Lipinski definition) is 3. The fraction of sp³-hybridized carbons (Fsp3) is 0.600. The normalized spacial score (nSPS) is 12.6. The minimum Gasteiger partial charge on any atom is -0.489 e. The van der Waals surface area contributed by atoms with Crippen LogP contribution < -0.4 is 20.7 Å². The van der Waals surface area contributed by atoms with Crippen LogP contribution in [-0.4, -0.2) is 44.1 Å². The highest BCUT2D eigenvalue weighted by Crippen LogP contribution is 2.17. The molecule has 154 valence electrons. The Morgan fingerprint density at radius 3 is 2.37 bits per heavy atom. The summed E-state index contributed by atoms with van der Waals surface area (Å²) in [6.45, 7) is 14.2. The Labute approximate surface area is 181 Å². The average molecular weight is 490 g/mol. The van der Waals surface area contributed by atoms with Crippen LogP contribution in [0, 0.1) is 12.3 Å². The van der Waals surface area contributed by atoms with Gasteiger partial charge in [0, 0.05) is 13.1 Å². The minimum atomic E-state index is -0.554. The van der Waals surface area contributed by atoms with Gasteiger partial charge in [-0.15, -0.1) is 24.0 Å². The summed E-state index contributed by atoms with van der Waals surface area (Å²) in [6, 6.07) is 7.97. The number of rotatable bonds is 9. The van der Waals surface area contributed by atoms with Crippen molar-refractivity contribution in [2.45, 2.75) is 47.6 Å². The van der Waals surface area contributed by atoms with Gasteiger partial charge in [0.25, 0.3) is 0 Å². The van der Waals surface area contributed by atoms with Crippen LogP contribution in [0.2, 0.25) is 0 Å². The van der Waals surface area contributed by atoms with Crippen molar-refractivity contribution in [3.8, 4) is 5.75 Å². The summed E-state index contributed by atoms with van der Waals surface area (Å²) in [7, 11) is 0. The zero-order chi connectivity index (χ0) is 19.6. The van der Waals surface area contributed by atoms with E-state index in [0.29, 0.717) is 25.6 Å². The van der Waals surface area contributed by atoms with Crippen molar-refractivity contribution in [3.63, 3.8) is 0 Å². The monoisotopic (exact) mass is 490 g/mol. The number of carbonyl (C=O) groups excluding carboxylic acids is 1. The van der Waals surface area contributed by atoms with Gasteiger partial charge in [-0.3, -0.25) is 9.79 Å². The molecule has 1 aromatic carbocycles. The fourth-order valence-electron chi connectivity index (χ4n) is 2.28. The average Bonchev–Trinajstić information content (AvgIpc) is 2.59. The molecule has 0 saturated carbocycles. The van der Waals surface area contributed by atoms with Gasteiger partial charge in [0.05, 0.1) is 18.5 Å². The molecule has 0 bridgehead atoms. The number of guanidine groups is 1. The van der Waals surface area contributed by atoms with Gasteiger partial charge >= 0.3 is 0 Å². The maximum atomic E-state index is 12.1. The van der Waals surface area contributed by atoms with Crippen molar-refractivity contribution in [2.75, 3.05) is 26.2 Å². The number of aliphatic imine (C=N–C) groups is 1. The van der Waals surface area contributed by atoms with E-state index in [0.717, 1.165) is 17.9 Å². The molecule has 0 aliphatic heterocycles. The van der Waals surface area contributed by atoms with E-state index < -0.39 is 5.41 Å². The first-order valence-electron chi connectivity index (χ1n) is 9.33. The minimum absolute atomic E-state index is 0. The number of para-hydroxylation sites is 1. The number of nitrogens with zero attached hydrogens (tertiary/aromatic N) is 1. The second-order valence-electron chi connectivity index (χ2n) is 7.01. The lowest BCUT2D eigenvalue weighted by Gasteiger charge is -2.22. The number of nitrogens with one attached hydrogen (secondary N) is 3. The molecule has 0 aliphatic carbocycles. The zero-order valence-corrected chi connectivity index (χ0v) is 19.7. The molecule has 1 atom stereocenters. The lowest BCUT2D eigenvalue weighted by Crippen LogP contribution is -2.44. The standard InChI is InChI=1S/C20H34N4O2.HI/c1-7-21-18(25)20(5,6)14-24-19(22-8-2)23-13-16(4)26-17-12-10-9-11-15(17)3;/h9-12,16H,7-8,13-14H2,1-6H3,(H,21,25)(H2,22,23,24);1H. The lowest BCUT2D eigenvalue weighted by atomic mass is 9.92. The van der Waals surface area contributed by atoms with Crippen molar-refractivity contribution in [3.05, 3.63) is 29.8 Å². The van der Waals surface area contributed by atoms with E-state index in [1.165, 1.54) is 0 Å². The first-order chi connectivity index (χ1) is 12.3. The highest BCUT2D eigenvalue weighted by molar-refractivity contribution is 14.0. The Hall–Kier alpha value is -1.51. The molecule has 1 amide bonds. The molecule has 0 radical (unpaired) electrons. The van der Waals surface area contributed by atoms with Crippen LogP contribution in [0.3, 0.4) is 0 Å². The Kier molecular flexibility index (Phi) is 12.1. The molecule has 0 aromatic heterocycles. The third kappa shape index (κ3) is 9.30.